The Morgan fingerprint density at radius 1 is 1.12 bits per heavy atom. The average molecular weight is 485 g/mol. The van der Waals surface area contributed by atoms with Crippen LogP contribution in [0.3, 0.4) is 0 Å². The summed E-state index contributed by atoms with van der Waals surface area (Å²) >= 11 is 0. The van der Waals surface area contributed by atoms with Gasteiger partial charge in [-0.25, -0.2) is 17.9 Å². The van der Waals surface area contributed by atoms with E-state index in [1.165, 1.54) is 34.6 Å². The number of rotatable bonds is 6. The van der Waals surface area contributed by atoms with Crippen molar-refractivity contribution in [3.05, 3.63) is 59.9 Å². The summed E-state index contributed by atoms with van der Waals surface area (Å²) in [6.07, 6.45) is 2.18. The Kier molecular flexibility index (Phi) is 6.70. The summed E-state index contributed by atoms with van der Waals surface area (Å²) in [6, 6.07) is 11.4. The Morgan fingerprint density at radius 3 is 2.53 bits per heavy atom. The second kappa shape index (κ2) is 9.69. The number of esters is 1. The van der Waals surface area contributed by atoms with Gasteiger partial charge in [-0.2, -0.15) is 4.31 Å². The van der Waals surface area contributed by atoms with Crippen molar-refractivity contribution in [3.8, 4) is 5.69 Å². The van der Waals surface area contributed by atoms with Gasteiger partial charge in [0.15, 0.2) is 0 Å². The molecule has 0 unspecified atom stereocenters. The highest BCUT2D eigenvalue weighted by atomic mass is 32.2. The van der Waals surface area contributed by atoms with Crippen LogP contribution in [0, 0.1) is 12.8 Å². The maximum atomic E-state index is 13.2. The fraction of sp³-hybridized carbons (Fsp3) is 0.318. The minimum absolute atomic E-state index is 0.0113. The number of benzene rings is 2. The van der Waals surface area contributed by atoms with Crippen molar-refractivity contribution >= 4 is 27.6 Å². The van der Waals surface area contributed by atoms with Crippen LogP contribution in [0.2, 0.25) is 0 Å². The third kappa shape index (κ3) is 4.68. The number of aryl methyl sites for hydroxylation is 1. The van der Waals surface area contributed by atoms with E-state index < -0.39 is 16.0 Å². The van der Waals surface area contributed by atoms with Gasteiger partial charge in [-0.05, 0) is 60.0 Å². The van der Waals surface area contributed by atoms with Crippen LogP contribution in [0.15, 0.2) is 53.7 Å². The highest BCUT2D eigenvalue weighted by Crippen LogP contribution is 2.28. The largest absolute Gasteiger partial charge is 0.465 e. The number of hydrogen-bond donors (Lipinski definition) is 1. The summed E-state index contributed by atoms with van der Waals surface area (Å²) in [5, 5.41) is 14.0. The lowest BCUT2D eigenvalue weighted by Gasteiger charge is -2.31. The zero-order valence-corrected chi connectivity index (χ0v) is 19.5. The van der Waals surface area contributed by atoms with E-state index in [1.807, 2.05) is 19.1 Å². The highest BCUT2D eigenvalue weighted by Gasteiger charge is 2.34. The fourth-order valence-corrected chi connectivity index (χ4v) is 5.52. The third-order valence-electron chi connectivity index (χ3n) is 5.83. The van der Waals surface area contributed by atoms with Gasteiger partial charge in [0.25, 0.3) is 0 Å². The monoisotopic (exact) mass is 484 g/mol. The standard InChI is InChI=1S/C22H24N6O5S/c1-15-7-8-17(28-14-23-25-26-28)13-19(15)24-21(29)16-9-11-27(12-10-16)34(31,32)20-6-4-3-5-18(20)22(30)33-2/h3-8,13-14,16H,9-12H2,1-2H3,(H,24,29). The minimum atomic E-state index is -3.91. The first-order chi connectivity index (χ1) is 16.3. The van der Waals surface area contributed by atoms with Crippen molar-refractivity contribution in [1.29, 1.82) is 0 Å². The van der Waals surface area contributed by atoms with Crippen LogP contribution in [0.5, 0.6) is 0 Å². The molecule has 1 saturated heterocycles. The van der Waals surface area contributed by atoms with Crippen LogP contribution < -0.4 is 5.32 Å². The Morgan fingerprint density at radius 2 is 1.85 bits per heavy atom. The summed E-state index contributed by atoms with van der Waals surface area (Å²) < 4.78 is 33.9. The SMILES string of the molecule is COC(=O)c1ccccc1S(=O)(=O)N1CCC(C(=O)Nc2cc(-n3cnnn3)ccc2C)CC1. The number of piperidine rings is 1. The van der Waals surface area contributed by atoms with Crippen molar-refractivity contribution < 1.29 is 22.7 Å². The van der Waals surface area contributed by atoms with Gasteiger partial charge < -0.3 is 10.1 Å². The van der Waals surface area contributed by atoms with E-state index in [0.717, 1.165) is 5.56 Å². The number of ether oxygens (including phenoxy) is 1. The van der Waals surface area contributed by atoms with Crippen molar-refractivity contribution in [3.63, 3.8) is 0 Å². The summed E-state index contributed by atoms with van der Waals surface area (Å²) in [4.78, 5) is 24.9. The lowest BCUT2D eigenvalue weighted by atomic mass is 9.97. The quantitative estimate of drug-likeness (QED) is 0.523. The molecular formula is C22H24N6O5S. The van der Waals surface area contributed by atoms with Gasteiger partial charge in [-0.1, -0.05) is 18.2 Å². The normalized spacial score (nSPS) is 15.1. The first-order valence-electron chi connectivity index (χ1n) is 10.6. The second-order valence-electron chi connectivity index (χ2n) is 7.91. The van der Waals surface area contributed by atoms with E-state index in [0.29, 0.717) is 24.2 Å². The van der Waals surface area contributed by atoms with E-state index in [2.05, 4.69) is 20.8 Å². The van der Waals surface area contributed by atoms with Crippen LogP contribution in [-0.4, -0.2) is 65.0 Å². The maximum Gasteiger partial charge on any atom is 0.339 e. The average Bonchev–Trinajstić information content (AvgIpc) is 3.40. The Hall–Kier alpha value is -3.64. The second-order valence-corrected chi connectivity index (χ2v) is 9.82. The molecule has 3 aromatic rings. The molecule has 1 aromatic heterocycles. The van der Waals surface area contributed by atoms with E-state index in [-0.39, 0.29) is 35.4 Å². The Bertz CT molecular complexity index is 1300. The minimum Gasteiger partial charge on any atom is -0.465 e. The molecule has 1 fully saturated rings. The molecule has 178 valence electrons. The molecule has 4 rings (SSSR count). The number of amides is 1. The zero-order chi connectivity index (χ0) is 24.3. The van der Waals surface area contributed by atoms with Crippen LogP contribution >= 0.6 is 0 Å². The molecule has 1 amide bonds. The lowest BCUT2D eigenvalue weighted by molar-refractivity contribution is -0.120. The first-order valence-corrected chi connectivity index (χ1v) is 12.1. The summed E-state index contributed by atoms with van der Waals surface area (Å²) in [7, 11) is -2.71. The van der Waals surface area contributed by atoms with Gasteiger partial charge >= 0.3 is 5.97 Å². The van der Waals surface area contributed by atoms with Crippen molar-refractivity contribution in [2.24, 2.45) is 5.92 Å². The molecule has 0 atom stereocenters. The number of tetrazole rings is 1. The Balaban J connectivity index is 1.44. The lowest BCUT2D eigenvalue weighted by Crippen LogP contribution is -2.41. The first kappa shape index (κ1) is 23.5. The molecule has 2 heterocycles. The number of sulfonamides is 1. The topological polar surface area (TPSA) is 136 Å². The van der Waals surface area contributed by atoms with Crippen LogP contribution in [0.1, 0.15) is 28.8 Å². The number of hydrogen-bond acceptors (Lipinski definition) is 8. The Labute approximate surface area is 196 Å². The molecule has 34 heavy (non-hydrogen) atoms. The van der Waals surface area contributed by atoms with Gasteiger partial charge in [-0.15, -0.1) is 5.10 Å². The molecular weight excluding hydrogens is 460 g/mol. The summed E-state index contributed by atoms with van der Waals surface area (Å²) in [5.74, 6) is -1.24. The molecule has 1 aliphatic rings. The highest BCUT2D eigenvalue weighted by molar-refractivity contribution is 7.89. The molecule has 0 spiro atoms. The third-order valence-corrected chi connectivity index (χ3v) is 7.78. The van der Waals surface area contributed by atoms with Crippen molar-refractivity contribution in [1.82, 2.24) is 24.5 Å². The van der Waals surface area contributed by atoms with E-state index in [9.17, 15) is 18.0 Å². The molecule has 0 bridgehead atoms. The van der Waals surface area contributed by atoms with Crippen LogP contribution in [0.25, 0.3) is 5.69 Å². The van der Waals surface area contributed by atoms with Crippen molar-refractivity contribution in [2.75, 3.05) is 25.5 Å². The van der Waals surface area contributed by atoms with E-state index in [1.54, 1.807) is 18.2 Å². The number of aromatic nitrogens is 4. The molecule has 0 radical (unpaired) electrons. The maximum absolute atomic E-state index is 13.2. The van der Waals surface area contributed by atoms with Gasteiger partial charge in [0, 0.05) is 24.7 Å². The number of carbonyl (C=O) groups is 2. The number of carbonyl (C=O) groups excluding carboxylic acids is 2. The predicted octanol–water partition coefficient (Wildman–Crippen LogP) is 1.80. The fourth-order valence-electron chi connectivity index (χ4n) is 3.87. The number of methoxy groups -OCH3 is 1. The molecule has 2 aromatic carbocycles. The van der Waals surface area contributed by atoms with Crippen LogP contribution in [-0.2, 0) is 19.6 Å². The van der Waals surface area contributed by atoms with E-state index in [4.69, 9.17) is 4.74 Å². The molecule has 1 aliphatic heterocycles. The number of anilines is 1. The molecule has 0 saturated carbocycles. The number of nitrogens with one attached hydrogen (secondary N) is 1. The zero-order valence-electron chi connectivity index (χ0n) is 18.7. The molecule has 1 N–H and O–H groups in total. The van der Waals surface area contributed by atoms with Gasteiger partial charge in [0.2, 0.25) is 15.9 Å². The molecule has 11 nitrogen and oxygen atoms in total. The predicted molar refractivity (Wildman–Crippen MR) is 122 cm³/mol. The molecule has 0 aliphatic carbocycles. The number of nitrogens with zero attached hydrogens (tertiary/aromatic N) is 5. The van der Waals surface area contributed by atoms with Gasteiger partial charge in [0.05, 0.1) is 23.3 Å². The van der Waals surface area contributed by atoms with Crippen molar-refractivity contribution in [2.45, 2.75) is 24.7 Å². The van der Waals surface area contributed by atoms with Gasteiger partial charge in [0.1, 0.15) is 6.33 Å². The summed E-state index contributed by atoms with van der Waals surface area (Å²) in [5.41, 5.74) is 2.21. The van der Waals surface area contributed by atoms with E-state index >= 15 is 0 Å². The smallest absolute Gasteiger partial charge is 0.339 e. The summed E-state index contributed by atoms with van der Waals surface area (Å²) in [6.45, 7) is 2.21. The van der Waals surface area contributed by atoms with Crippen LogP contribution in [0.4, 0.5) is 5.69 Å². The van der Waals surface area contributed by atoms with Gasteiger partial charge in [-0.3, -0.25) is 4.79 Å². The molecule has 12 heteroatoms.